The molecule has 1 unspecified atom stereocenters. The van der Waals surface area contributed by atoms with E-state index in [0.29, 0.717) is 24.5 Å². The molecule has 0 saturated carbocycles. The number of anilines is 2. The van der Waals surface area contributed by atoms with Gasteiger partial charge in [-0.1, -0.05) is 36.5 Å². The van der Waals surface area contributed by atoms with Crippen LogP contribution in [-0.2, 0) is 9.59 Å². The summed E-state index contributed by atoms with van der Waals surface area (Å²) in [5.41, 5.74) is 2.03. The average molecular weight is 330 g/mol. The van der Waals surface area contributed by atoms with Crippen LogP contribution in [0, 0.1) is 6.92 Å². The van der Waals surface area contributed by atoms with Crippen molar-refractivity contribution in [2.45, 2.75) is 32.6 Å². The Balaban J connectivity index is 1.75. The molecule has 0 aliphatic carbocycles. The molecular formula is C16H18N4O2S. The number of nitrogens with one attached hydrogen (secondary N) is 1. The van der Waals surface area contributed by atoms with Crippen LogP contribution in [0.3, 0.4) is 0 Å². The third kappa shape index (κ3) is 3.24. The summed E-state index contributed by atoms with van der Waals surface area (Å²) in [5.74, 6) is 0.0299. The van der Waals surface area contributed by atoms with Crippen LogP contribution in [0.1, 0.15) is 36.3 Å². The zero-order chi connectivity index (χ0) is 16.4. The number of amides is 2. The van der Waals surface area contributed by atoms with Crippen molar-refractivity contribution >= 4 is 34.0 Å². The third-order valence-corrected chi connectivity index (χ3v) is 4.89. The minimum absolute atomic E-state index is 0.0203. The lowest BCUT2D eigenvalue weighted by Crippen LogP contribution is -2.25. The Morgan fingerprint density at radius 3 is 2.91 bits per heavy atom. The van der Waals surface area contributed by atoms with Crippen LogP contribution in [0.5, 0.6) is 0 Å². The molecule has 0 bridgehead atoms. The van der Waals surface area contributed by atoms with E-state index in [-0.39, 0.29) is 17.7 Å². The number of aromatic nitrogens is 2. The third-order valence-electron chi connectivity index (χ3n) is 3.89. The number of nitrogens with zero attached hydrogens (tertiary/aromatic N) is 3. The summed E-state index contributed by atoms with van der Waals surface area (Å²) in [6.07, 6.45) is 0.822. The Morgan fingerprint density at radius 2 is 2.17 bits per heavy atom. The average Bonchev–Trinajstić information content (AvgIpc) is 3.14. The van der Waals surface area contributed by atoms with Crippen molar-refractivity contribution in [1.29, 1.82) is 0 Å². The quantitative estimate of drug-likeness (QED) is 0.935. The van der Waals surface area contributed by atoms with Gasteiger partial charge < -0.3 is 10.2 Å². The second-order valence-corrected chi connectivity index (χ2v) is 6.55. The van der Waals surface area contributed by atoms with Crippen molar-refractivity contribution in [3.63, 3.8) is 0 Å². The molecule has 1 aliphatic rings. The molecule has 7 heteroatoms. The fourth-order valence-corrected chi connectivity index (χ4v) is 3.48. The smallest absolute Gasteiger partial charge is 0.227 e. The molecule has 1 saturated heterocycles. The van der Waals surface area contributed by atoms with Gasteiger partial charge in [-0.2, -0.15) is 0 Å². The lowest BCUT2D eigenvalue weighted by molar-refractivity contribution is -0.117. The highest BCUT2D eigenvalue weighted by Gasteiger charge is 2.34. The highest BCUT2D eigenvalue weighted by molar-refractivity contribution is 7.15. The van der Waals surface area contributed by atoms with Crippen molar-refractivity contribution < 1.29 is 9.59 Å². The fourth-order valence-electron chi connectivity index (χ4n) is 2.63. The zero-order valence-corrected chi connectivity index (χ0v) is 13.9. The van der Waals surface area contributed by atoms with Crippen LogP contribution < -0.4 is 10.2 Å². The van der Waals surface area contributed by atoms with Gasteiger partial charge in [-0.25, -0.2) is 0 Å². The van der Waals surface area contributed by atoms with Gasteiger partial charge in [0.05, 0.1) is 0 Å². The summed E-state index contributed by atoms with van der Waals surface area (Å²) >= 11 is 1.34. The van der Waals surface area contributed by atoms with Gasteiger partial charge in [0.25, 0.3) is 0 Å². The van der Waals surface area contributed by atoms with Gasteiger partial charge in [0.15, 0.2) is 0 Å². The van der Waals surface area contributed by atoms with Crippen LogP contribution in [0.15, 0.2) is 24.3 Å². The monoisotopic (exact) mass is 330 g/mol. The minimum atomic E-state index is -0.0864. The van der Waals surface area contributed by atoms with E-state index in [1.165, 1.54) is 11.3 Å². The van der Waals surface area contributed by atoms with Gasteiger partial charge in [-0.15, -0.1) is 10.2 Å². The molecule has 1 aliphatic heterocycles. The molecule has 6 nitrogen and oxygen atoms in total. The molecule has 1 aromatic carbocycles. The standard InChI is InChI=1S/C16H18N4O2S/c1-3-13(21)17-16-19-18-15(23-16)11-8-14(22)20(9-11)12-7-5-4-6-10(12)2/h4-7,11H,3,8-9H2,1-2H3,(H,17,19,21). The lowest BCUT2D eigenvalue weighted by atomic mass is 10.1. The van der Waals surface area contributed by atoms with Crippen LogP contribution in [0.2, 0.25) is 0 Å². The highest BCUT2D eigenvalue weighted by atomic mass is 32.1. The second kappa shape index (κ2) is 6.45. The van der Waals surface area contributed by atoms with Gasteiger partial charge in [-0.05, 0) is 18.6 Å². The predicted molar refractivity (Wildman–Crippen MR) is 89.7 cm³/mol. The van der Waals surface area contributed by atoms with Crippen molar-refractivity contribution in [2.75, 3.05) is 16.8 Å². The van der Waals surface area contributed by atoms with E-state index in [2.05, 4.69) is 15.5 Å². The summed E-state index contributed by atoms with van der Waals surface area (Å²) in [6, 6.07) is 7.86. The molecule has 0 spiro atoms. The molecular weight excluding hydrogens is 312 g/mol. The van der Waals surface area contributed by atoms with Gasteiger partial charge in [0.1, 0.15) is 5.01 Å². The Morgan fingerprint density at radius 1 is 1.39 bits per heavy atom. The molecule has 1 fully saturated rings. The van der Waals surface area contributed by atoms with Crippen LogP contribution in [0.4, 0.5) is 10.8 Å². The van der Waals surface area contributed by atoms with Crippen molar-refractivity contribution in [3.05, 3.63) is 34.8 Å². The predicted octanol–water partition coefficient (Wildman–Crippen LogP) is 2.72. The van der Waals surface area contributed by atoms with Crippen molar-refractivity contribution in [1.82, 2.24) is 10.2 Å². The molecule has 1 aromatic heterocycles. The zero-order valence-electron chi connectivity index (χ0n) is 13.1. The van der Waals surface area contributed by atoms with Crippen molar-refractivity contribution in [2.24, 2.45) is 0 Å². The number of hydrogen-bond acceptors (Lipinski definition) is 5. The van der Waals surface area contributed by atoms with E-state index in [1.807, 2.05) is 36.1 Å². The number of carbonyl (C=O) groups excluding carboxylic acids is 2. The van der Waals surface area contributed by atoms with E-state index in [4.69, 9.17) is 0 Å². The van der Waals surface area contributed by atoms with Crippen LogP contribution in [-0.4, -0.2) is 28.6 Å². The molecule has 120 valence electrons. The van der Waals surface area contributed by atoms with Gasteiger partial charge in [-0.3, -0.25) is 9.59 Å². The minimum Gasteiger partial charge on any atom is -0.311 e. The molecule has 0 radical (unpaired) electrons. The van der Waals surface area contributed by atoms with Gasteiger partial charge >= 0.3 is 0 Å². The molecule has 23 heavy (non-hydrogen) atoms. The number of carbonyl (C=O) groups is 2. The highest BCUT2D eigenvalue weighted by Crippen LogP contribution is 2.35. The number of aryl methyl sites for hydroxylation is 1. The Labute approximate surface area is 138 Å². The molecule has 2 heterocycles. The maximum Gasteiger partial charge on any atom is 0.227 e. The molecule has 1 N–H and O–H groups in total. The summed E-state index contributed by atoms with van der Waals surface area (Å²) in [6.45, 7) is 4.38. The molecule has 1 atom stereocenters. The van der Waals surface area contributed by atoms with E-state index in [9.17, 15) is 9.59 Å². The number of rotatable bonds is 4. The summed E-state index contributed by atoms with van der Waals surface area (Å²) in [4.78, 5) is 25.6. The maximum atomic E-state index is 12.4. The Bertz CT molecular complexity index is 743. The first-order chi connectivity index (χ1) is 11.1. The number of para-hydroxylation sites is 1. The summed E-state index contributed by atoms with van der Waals surface area (Å²) in [5, 5.41) is 12.1. The SMILES string of the molecule is CCC(=O)Nc1nnc(C2CC(=O)N(c3ccccc3C)C2)s1. The molecule has 3 rings (SSSR count). The fraction of sp³-hybridized carbons (Fsp3) is 0.375. The summed E-state index contributed by atoms with van der Waals surface area (Å²) < 4.78 is 0. The Kier molecular flexibility index (Phi) is 4.38. The van der Waals surface area contributed by atoms with E-state index in [1.54, 1.807) is 6.92 Å². The van der Waals surface area contributed by atoms with E-state index < -0.39 is 0 Å². The van der Waals surface area contributed by atoms with Crippen molar-refractivity contribution in [3.8, 4) is 0 Å². The largest absolute Gasteiger partial charge is 0.311 e. The second-order valence-electron chi connectivity index (χ2n) is 5.54. The topological polar surface area (TPSA) is 75.2 Å². The van der Waals surface area contributed by atoms with E-state index in [0.717, 1.165) is 16.3 Å². The van der Waals surface area contributed by atoms with Gasteiger partial charge in [0.2, 0.25) is 16.9 Å². The normalized spacial score (nSPS) is 17.6. The number of hydrogen-bond donors (Lipinski definition) is 1. The maximum absolute atomic E-state index is 12.4. The number of benzene rings is 1. The lowest BCUT2D eigenvalue weighted by Gasteiger charge is -2.18. The molecule has 2 amide bonds. The van der Waals surface area contributed by atoms with E-state index >= 15 is 0 Å². The first-order valence-electron chi connectivity index (χ1n) is 7.57. The summed E-state index contributed by atoms with van der Waals surface area (Å²) in [7, 11) is 0. The van der Waals surface area contributed by atoms with Gasteiger partial charge in [0, 0.05) is 31.0 Å². The Hall–Kier alpha value is -2.28. The van der Waals surface area contributed by atoms with Crippen LogP contribution in [0.25, 0.3) is 0 Å². The molecule has 2 aromatic rings. The first-order valence-corrected chi connectivity index (χ1v) is 8.39. The van der Waals surface area contributed by atoms with Crippen LogP contribution >= 0.6 is 11.3 Å². The first kappa shape index (κ1) is 15.6.